The van der Waals surface area contributed by atoms with Crippen LogP contribution in [0, 0.1) is 3.57 Å². The molecular weight excluding hydrogens is 841 g/mol. The highest BCUT2D eigenvalue weighted by atomic mass is 127. The molecule has 5 aromatic rings. The third kappa shape index (κ3) is 7.54. The van der Waals surface area contributed by atoms with Crippen molar-refractivity contribution in [3.05, 3.63) is 107 Å². The maximum Gasteiger partial charge on any atom is 0.343 e. The molecule has 1 aromatic heterocycles. The van der Waals surface area contributed by atoms with Gasteiger partial charge >= 0.3 is 5.97 Å². The van der Waals surface area contributed by atoms with Crippen molar-refractivity contribution in [2.75, 3.05) is 13.2 Å². The van der Waals surface area contributed by atoms with Crippen molar-refractivity contribution in [2.24, 2.45) is 5.10 Å². The minimum absolute atomic E-state index is 0.213. The number of carbonyl (C=O) groups is 2. The number of carbonyl (C=O) groups excluding carboxylic acids is 2. The Labute approximate surface area is 294 Å². The first-order chi connectivity index (χ1) is 21.7. The molecule has 0 aliphatic heterocycles. The van der Waals surface area contributed by atoms with Gasteiger partial charge in [0.15, 0.2) is 17.2 Å². The molecule has 0 unspecified atom stereocenters. The lowest BCUT2D eigenvalue weighted by molar-refractivity contribution is 0.0732. The Kier molecular flexibility index (Phi) is 10.9. The minimum atomic E-state index is -0.613. The minimum Gasteiger partial charge on any atom is -0.490 e. The van der Waals surface area contributed by atoms with Crippen LogP contribution in [0.15, 0.2) is 86.8 Å². The zero-order chi connectivity index (χ0) is 32.1. The first-order valence-corrected chi connectivity index (χ1v) is 16.7. The third-order valence-electron chi connectivity index (χ3n) is 6.51. The molecule has 1 heterocycles. The largest absolute Gasteiger partial charge is 0.490 e. The van der Waals surface area contributed by atoms with Crippen LogP contribution in [0.25, 0.3) is 22.0 Å². The van der Waals surface area contributed by atoms with Crippen molar-refractivity contribution in [1.82, 2.24) is 10.4 Å². The summed E-state index contributed by atoms with van der Waals surface area (Å²) in [7, 11) is 0. The van der Waals surface area contributed by atoms with Crippen LogP contribution in [0.4, 0.5) is 0 Å². The molecule has 0 aliphatic rings. The van der Waals surface area contributed by atoms with Crippen LogP contribution >= 0.6 is 66.1 Å². The van der Waals surface area contributed by atoms with Gasteiger partial charge in [-0.3, -0.25) is 4.79 Å². The van der Waals surface area contributed by atoms with Gasteiger partial charge in [-0.25, -0.2) is 10.2 Å². The molecule has 0 fully saturated rings. The van der Waals surface area contributed by atoms with E-state index in [9.17, 15) is 9.59 Å². The fraction of sp³-hybridized carbons (Fsp3) is 0.121. The highest BCUT2D eigenvalue weighted by Crippen LogP contribution is 2.38. The Morgan fingerprint density at radius 1 is 0.978 bits per heavy atom. The second-order valence-electron chi connectivity index (χ2n) is 9.47. The lowest BCUT2D eigenvalue weighted by Crippen LogP contribution is -2.19. The number of nitrogens with zero attached hydrogens (tertiary/aromatic N) is 1. The lowest BCUT2D eigenvalue weighted by atomic mass is 10.0. The molecule has 8 nitrogen and oxygen atoms in total. The van der Waals surface area contributed by atoms with Crippen molar-refractivity contribution < 1.29 is 23.8 Å². The van der Waals surface area contributed by atoms with Crippen molar-refractivity contribution in [1.29, 1.82) is 0 Å². The molecule has 0 saturated carbocycles. The van der Waals surface area contributed by atoms with E-state index in [1.54, 1.807) is 36.4 Å². The smallest absolute Gasteiger partial charge is 0.343 e. The standard InChI is InChI=1S/C33H25Br2ClIN3O5/c1-3-43-27-12-9-18(14-28(27)44-4-2)33(42)45-31-19(13-20(34)15-24(31)35)17-38-40-32(41)30-29(22-7-5-6-8-25(22)36)23-16-21(37)10-11-26(23)39-30/h5-17,39H,3-4H2,1-2H3,(H,40,41). The number of H-pyrrole nitrogens is 1. The maximum atomic E-state index is 13.5. The van der Waals surface area contributed by atoms with Crippen LogP contribution in [0.5, 0.6) is 17.2 Å². The number of hydrogen-bond donors (Lipinski definition) is 2. The van der Waals surface area contributed by atoms with E-state index in [4.69, 9.17) is 25.8 Å². The summed E-state index contributed by atoms with van der Waals surface area (Å²) in [5.74, 6) is 0.100. The van der Waals surface area contributed by atoms with Crippen molar-refractivity contribution in [2.45, 2.75) is 13.8 Å². The number of halogens is 4. The number of aromatic amines is 1. The Bertz CT molecular complexity index is 1950. The molecule has 5 rings (SSSR count). The van der Waals surface area contributed by atoms with E-state index < -0.39 is 11.9 Å². The number of amides is 1. The summed E-state index contributed by atoms with van der Waals surface area (Å²) in [6.07, 6.45) is 1.40. The average Bonchev–Trinajstić information content (AvgIpc) is 3.38. The SMILES string of the molecule is CCOc1ccc(C(=O)Oc2c(Br)cc(Br)cc2C=NNC(=O)c2[nH]c3ccc(I)cc3c2-c2ccccc2Cl)cc1OCC. The number of nitrogens with one attached hydrogen (secondary N) is 2. The molecule has 0 atom stereocenters. The molecule has 4 aromatic carbocycles. The lowest BCUT2D eigenvalue weighted by Gasteiger charge is -2.13. The normalized spacial score (nSPS) is 11.2. The number of hydrazone groups is 1. The number of rotatable bonds is 10. The fourth-order valence-electron chi connectivity index (χ4n) is 4.61. The zero-order valence-electron chi connectivity index (χ0n) is 23.9. The van der Waals surface area contributed by atoms with Crippen LogP contribution in [0.3, 0.4) is 0 Å². The number of aromatic nitrogens is 1. The van der Waals surface area contributed by atoms with Crippen molar-refractivity contribution >= 4 is 95.0 Å². The summed E-state index contributed by atoms with van der Waals surface area (Å²) in [5.41, 5.74) is 5.77. The first-order valence-electron chi connectivity index (χ1n) is 13.7. The number of hydrogen-bond acceptors (Lipinski definition) is 6. The summed E-state index contributed by atoms with van der Waals surface area (Å²) < 4.78 is 19.3. The van der Waals surface area contributed by atoms with E-state index in [1.807, 2.05) is 50.2 Å². The van der Waals surface area contributed by atoms with Crippen molar-refractivity contribution in [3.63, 3.8) is 0 Å². The van der Waals surface area contributed by atoms with Gasteiger partial charge < -0.3 is 19.2 Å². The Balaban J connectivity index is 1.43. The molecule has 12 heteroatoms. The molecule has 230 valence electrons. The van der Waals surface area contributed by atoms with E-state index >= 15 is 0 Å². The number of ether oxygens (including phenoxy) is 3. The molecule has 0 aliphatic carbocycles. The summed E-state index contributed by atoms with van der Waals surface area (Å²) in [6, 6.07) is 21.5. The maximum absolute atomic E-state index is 13.5. The van der Waals surface area contributed by atoms with Gasteiger partial charge in [-0.15, -0.1) is 0 Å². The average molecular weight is 866 g/mol. The molecule has 0 radical (unpaired) electrons. The Morgan fingerprint density at radius 3 is 2.49 bits per heavy atom. The fourth-order valence-corrected chi connectivity index (χ4v) is 6.67. The molecule has 0 bridgehead atoms. The molecule has 1 amide bonds. The Morgan fingerprint density at radius 2 is 1.73 bits per heavy atom. The highest BCUT2D eigenvalue weighted by molar-refractivity contribution is 14.1. The summed E-state index contributed by atoms with van der Waals surface area (Å²) in [5, 5.41) is 5.58. The topological polar surface area (TPSA) is 102 Å². The van der Waals surface area contributed by atoms with Gasteiger partial charge in [0.2, 0.25) is 0 Å². The van der Waals surface area contributed by atoms with E-state index in [0.29, 0.717) is 61.1 Å². The van der Waals surface area contributed by atoms with Gasteiger partial charge in [0.25, 0.3) is 5.91 Å². The zero-order valence-corrected chi connectivity index (χ0v) is 30.0. The monoisotopic (exact) mass is 863 g/mol. The number of fused-ring (bicyclic) bond motifs is 1. The van der Waals surface area contributed by atoms with Crippen LogP contribution in [-0.2, 0) is 0 Å². The third-order valence-corrected chi connectivity index (χ3v) is 8.56. The molecule has 0 saturated heterocycles. The number of esters is 1. The predicted octanol–water partition coefficient (Wildman–Crippen LogP) is 9.40. The number of benzene rings is 4. The van der Waals surface area contributed by atoms with Crippen LogP contribution < -0.4 is 19.6 Å². The highest BCUT2D eigenvalue weighted by Gasteiger charge is 2.22. The quantitative estimate of drug-likeness (QED) is 0.0479. The summed E-state index contributed by atoms with van der Waals surface area (Å²) in [4.78, 5) is 29.9. The van der Waals surface area contributed by atoms with Gasteiger partial charge in [0.1, 0.15) is 5.69 Å². The second-order valence-corrected chi connectivity index (χ2v) is 12.9. The Hall–Kier alpha value is -3.39. The van der Waals surface area contributed by atoms with Gasteiger partial charge in [0, 0.05) is 40.7 Å². The van der Waals surface area contributed by atoms with Gasteiger partial charge in [-0.05, 0) is 107 Å². The van der Waals surface area contributed by atoms with Gasteiger partial charge in [0.05, 0.1) is 29.5 Å². The van der Waals surface area contributed by atoms with E-state index in [2.05, 4.69) is 70.0 Å². The molecule has 45 heavy (non-hydrogen) atoms. The summed E-state index contributed by atoms with van der Waals surface area (Å²) in [6.45, 7) is 4.57. The van der Waals surface area contributed by atoms with E-state index in [0.717, 1.165) is 14.5 Å². The predicted molar refractivity (Wildman–Crippen MR) is 192 cm³/mol. The van der Waals surface area contributed by atoms with Crippen LogP contribution in [-0.4, -0.2) is 36.3 Å². The molecule has 0 spiro atoms. The van der Waals surface area contributed by atoms with Crippen LogP contribution in [0.1, 0.15) is 40.3 Å². The second kappa shape index (κ2) is 14.8. The van der Waals surface area contributed by atoms with Gasteiger partial charge in [-0.1, -0.05) is 45.7 Å². The van der Waals surface area contributed by atoms with Crippen LogP contribution in [0.2, 0.25) is 5.02 Å². The van der Waals surface area contributed by atoms with Gasteiger partial charge in [-0.2, -0.15) is 5.10 Å². The summed E-state index contributed by atoms with van der Waals surface area (Å²) >= 11 is 15.7. The first kappa shape index (κ1) is 33.0. The molecular formula is C33H25Br2ClIN3O5. The van der Waals surface area contributed by atoms with E-state index in [-0.39, 0.29) is 11.3 Å². The van der Waals surface area contributed by atoms with Crippen molar-refractivity contribution in [3.8, 4) is 28.4 Å². The molecule has 2 N–H and O–H groups in total. The van der Waals surface area contributed by atoms with E-state index in [1.165, 1.54) is 6.21 Å².